The van der Waals surface area contributed by atoms with Crippen LogP contribution < -0.4 is 5.32 Å². The molecule has 1 aromatic carbocycles. The SMILES string of the molecule is CCSCCN[C@@H](C)c1ccc(Br)cc1. The number of hydrogen-bond donors (Lipinski definition) is 1. The van der Waals surface area contributed by atoms with E-state index in [4.69, 9.17) is 0 Å². The van der Waals surface area contributed by atoms with E-state index in [0.717, 1.165) is 11.0 Å². The molecule has 0 fully saturated rings. The maximum Gasteiger partial charge on any atom is 0.0292 e. The van der Waals surface area contributed by atoms with Gasteiger partial charge in [0.1, 0.15) is 0 Å². The highest BCUT2D eigenvalue weighted by molar-refractivity contribution is 9.10. The lowest BCUT2D eigenvalue weighted by atomic mass is 10.1. The molecule has 0 unspecified atom stereocenters. The Hall–Kier alpha value is 0.01000. The van der Waals surface area contributed by atoms with Crippen molar-refractivity contribution in [3.8, 4) is 0 Å². The minimum absolute atomic E-state index is 0.440. The topological polar surface area (TPSA) is 12.0 Å². The first-order valence-corrected chi connectivity index (χ1v) is 7.25. The first-order valence-electron chi connectivity index (χ1n) is 5.30. The summed E-state index contributed by atoms with van der Waals surface area (Å²) in [5.74, 6) is 2.39. The van der Waals surface area contributed by atoms with Crippen molar-refractivity contribution < 1.29 is 0 Å². The lowest BCUT2D eigenvalue weighted by Gasteiger charge is -2.13. The van der Waals surface area contributed by atoms with Crippen LogP contribution in [-0.2, 0) is 0 Å². The summed E-state index contributed by atoms with van der Waals surface area (Å²) in [6.45, 7) is 5.48. The van der Waals surface area contributed by atoms with Gasteiger partial charge in [0.25, 0.3) is 0 Å². The predicted octanol–water partition coefficient (Wildman–Crippen LogP) is 3.85. The molecule has 0 amide bonds. The highest BCUT2D eigenvalue weighted by Gasteiger charge is 2.03. The largest absolute Gasteiger partial charge is 0.309 e. The molecule has 1 N–H and O–H groups in total. The molecule has 84 valence electrons. The van der Waals surface area contributed by atoms with E-state index in [2.05, 4.69) is 59.4 Å². The van der Waals surface area contributed by atoms with Crippen molar-refractivity contribution in [1.82, 2.24) is 5.32 Å². The number of benzene rings is 1. The minimum Gasteiger partial charge on any atom is -0.309 e. The van der Waals surface area contributed by atoms with Crippen LogP contribution in [0.3, 0.4) is 0 Å². The molecule has 0 radical (unpaired) electrons. The summed E-state index contributed by atoms with van der Waals surface area (Å²) < 4.78 is 1.14. The minimum atomic E-state index is 0.440. The van der Waals surface area contributed by atoms with Crippen LogP contribution in [0.4, 0.5) is 0 Å². The van der Waals surface area contributed by atoms with Crippen molar-refractivity contribution in [2.45, 2.75) is 19.9 Å². The smallest absolute Gasteiger partial charge is 0.0292 e. The fourth-order valence-electron chi connectivity index (χ4n) is 1.36. The predicted molar refractivity (Wildman–Crippen MR) is 73.6 cm³/mol. The summed E-state index contributed by atoms with van der Waals surface area (Å²) in [6, 6.07) is 8.95. The van der Waals surface area contributed by atoms with Crippen molar-refractivity contribution in [1.29, 1.82) is 0 Å². The molecule has 0 saturated heterocycles. The van der Waals surface area contributed by atoms with Gasteiger partial charge >= 0.3 is 0 Å². The molecule has 1 nitrogen and oxygen atoms in total. The van der Waals surface area contributed by atoms with Crippen LogP contribution in [0.2, 0.25) is 0 Å². The van der Waals surface area contributed by atoms with E-state index < -0.39 is 0 Å². The van der Waals surface area contributed by atoms with Gasteiger partial charge in [0.05, 0.1) is 0 Å². The summed E-state index contributed by atoms with van der Waals surface area (Å²) in [5.41, 5.74) is 1.35. The maximum atomic E-state index is 3.52. The molecular formula is C12H18BrNS. The fraction of sp³-hybridized carbons (Fsp3) is 0.500. The Morgan fingerprint density at radius 2 is 2.00 bits per heavy atom. The Balaban J connectivity index is 2.33. The van der Waals surface area contributed by atoms with Gasteiger partial charge in [-0.1, -0.05) is 35.0 Å². The van der Waals surface area contributed by atoms with E-state index in [1.54, 1.807) is 0 Å². The Morgan fingerprint density at radius 3 is 2.60 bits per heavy atom. The second kappa shape index (κ2) is 7.31. The summed E-state index contributed by atoms with van der Waals surface area (Å²) in [5, 5.41) is 3.52. The summed E-state index contributed by atoms with van der Waals surface area (Å²) in [4.78, 5) is 0. The average molecular weight is 288 g/mol. The lowest BCUT2D eigenvalue weighted by Crippen LogP contribution is -2.21. The third kappa shape index (κ3) is 5.05. The van der Waals surface area contributed by atoms with Crippen LogP contribution in [0.1, 0.15) is 25.5 Å². The van der Waals surface area contributed by atoms with Gasteiger partial charge in [-0.2, -0.15) is 11.8 Å². The lowest BCUT2D eigenvalue weighted by molar-refractivity contribution is 0.601. The van der Waals surface area contributed by atoms with Gasteiger partial charge in [-0.25, -0.2) is 0 Å². The summed E-state index contributed by atoms with van der Waals surface area (Å²) >= 11 is 5.42. The molecule has 1 atom stereocenters. The van der Waals surface area contributed by atoms with E-state index in [1.807, 2.05) is 11.8 Å². The number of rotatable bonds is 6. The Bertz CT molecular complexity index is 273. The van der Waals surface area contributed by atoms with Crippen LogP contribution in [0.25, 0.3) is 0 Å². The van der Waals surface area contributed by atoms with Crippen LogP contribution in [0.5, 0.6) is 0 Å². The van der Waals surface area contributed by atoms with E-state index in [9.17, 15) is 0 Å². The zero-order chi connectivity index (χ0) is 11.1. The highest BCUT2D eigenvalue weighted by Crippen LogP contribution is 2.16. The second-order valence-corrected chi connectivity index (χ2v) is 5.73. The molecule has 0 aromatic heterocycles. The van der Waals surface area contributed by atoms with Crippen molar-refractivity contribution in [2.24, 2.45) is 0 Å². The van der Waals surface area contributed by atoms with Crippen molar-refractivity contribution >= 4 is 27.7 Å². The third-order valence-corrected chi connectivity index (χ3v) is 3.70. The fourth-order valence-corrected chi connectivity index (χ4v) is 2.18. The van der Waals surface area contributed by atoms with E-state index in [0.29, 0.717) is 6.04 Å². The Morgan fingerprint density at radius 1 is 1.33 bits per heavy atom. The molecule has 0 bridgehead atoms. The van der Waals surface area contributed by atoms with Gasteiger partial charge in [-0.05, 0) is 30.4 Å². The Labute approximate surface area is 105 Å². The average Bonchev–Trinajstić information content (AvgIpc) is 2.25. The zero-order valence-corrected chi connectivity index (χ0v) is 11.7. The number of halogens is 1. The normalized spacial score (nSPS) is 12.7. The molecule has 0 saturated carbocycles. The molecule has 1 aromatic rings. The van der Waals surface area contributed by atoms with Gasteiger partial charge in [0.15, 0.2) is 0 Å². The maximum absolute atomic E-state index is 3.52. The van der Waals surface area contributed by atoms with Crippen LogP contribution in [0.15, 0.2) is 28.7 Å². The van der Waals surface area contributed by atoms with Gasteiger partial charge in [0.2, 0.25) is 0 Å². The standard InChI is InChI=1S/C12H18BrNS/c1-3-15-9-8-14-10(2)11-4-6-12(13)7-5-11/h4-7,10,14H,3,8-9H2,1-2H3/t10-/m0/s1. The van der Waals surface area contributed by atoms with Crippen molar-refractivity contribution in [2.75, 3.05) is 18.1 Å². The van der Waals surface area contributed by atoms with Crippen LogP contribution >= 0.6 is 27.7 Å². The van der Waals surface area contributed by atoms with Gasteiger partial charge in [0, 0.05) is 22.8 Å². The third-order valence-electron chi connectivity index (χ3n) is 2.27. The molecule has 0 aliphatic rings. The van der Waals surface area contributed by atoms with Crippen molar-refractivity contribution in [3.63, 3.8) is 0 Å². The summed E-state index contributed by atoms with van der Waals surface area (Å²) in [7, 11) is 0. The highest BCUT2D eigenvalue weighted by atomic mass is 79.9. The molecule has 0 heterocycles. The molecule has 0 aliphatic heterocycles. The first-order chi connectivity index (χ1) is 7.24. The molecule has 1 rings (SSSR count). The number of hydrogen-bond acceptors (Lipinski definition) is 2. The number of thioether (sulfide) groups is 1. The van der Waals surface area contributed by atoms with Gasteiger partial charge < -0.3 is 5.32 Å². The van der Waals surface area contributed by atoms with E-state index >= 15 is 0 Å². The second-order valence-electron chi connectivity index (χ2n) is 3.42. The van der Waals surface area contributed by atoms with Crippen LogP contribution in [0, 0.1) is 0 Å². The molecule has 3 heteroatoms. The Kier molecular flexibility index (Phi) is 6.37. The van der Waals surface area contributed by atoms with Gasteiger partial charge in [-0.3, -0.25) is 0 Å². The monoisotopic (exact) mass is 287 g/mol. The number of nitrogens with one attached hydrogen (secondary N) is 1. The van der Waals surface area contributed by atoms with E-state index in [1.165, 1.54) is 17.1 Å². The first kappa shape index (κ1) is 13.1. The molecular weight excluding hydrogens is 270 g/mol. The van der Waals surface area contributed by atoms with Crippen LogP contribution in [-0.4, -0.2) is 18.1 Å². The molecule has 0 aliphatic carbocycles. The summed E-state index contributed by atoms with van der Waals surface area (Å²) in [6.07, 6.45) is 0. The zero-order valence-electron chi connectivity index (χ0n) is 9.29. The van der Waals surface area contributed by atoms with Gasteiger partial charge in [-0.15, -0.1) is 0 Å². The van der Waals surface area contributed by atoms with E-state index in [-0.39, 0.29) is 0 Å². The molecule has 15 heavy (non-hydrogen) atoms. The molecule has 0 spiro atoms. The quantitative estimate of drug-likeness (QED) is 0.798. The van der Waals surface area contributed by atoms with Crippen molar-refractivity contribution in [3.05, 3.63) is 34.3 Å².